The summed E-state index contributed by atoms with van der Waals surface area (Å²) in [5.41, 5.74) is 23.1. The summed E-state index contributed by atoms with van der Waals surface area (Å²) >= 11 is 5.30. The third-order valence-electron chi connectivity index (χ3n) is 18.1. The quantitative estimate of drug-likeness (QED) is 0.0199. The highest BCUT2D eigenvalue weighted by molar-refractivity contribution is 7.98. The predicted molar refractivity (Wildman–Crippen MR) is 402 cm³/mol. The molecule has 0 aromatic carbocycles. The van der Waals surface area contributed by atoms with Gasteiger partial charge in [-0.3, -0.25) is 76.7 Å². The number of hydrogen-bond donors (Lipinski definition) is 22. The van der Waals surface area contributed by atoms with Crippen molar-refractivity contribution in [2.45, 2.75) is 248 Å². The number of amides is 15. The van der Waals surface area contributed by atoms with Crippen LogP contribution in [0.15, 0.2) is 0 Å². The summed E-state index contributed by atoms with van der Waals surface area (Å²) in [6.07, 6.45) is -0.781. The number of carbonyl (C=O) groups is 17. The lowest BCUT2D eigenvalue weighted by Crippen LogP contribution is -2.61. The monoisotopic (exact) mass is 1600 g/mol. The highest BCUT2D eigenvalue weighted by Gasteiger charge is 2.44. The van der Waals surface area contributed by atoms with Crippen LogP contribution in [0.4, 0.5) is 0 Å². The number of aliphatic carboxylic acids is 2. The van der Waals surface area contributed by atoms with Gasteiger partial charge in [0.2, 0.25) is 88.6 Å². The van der Waals surface area contributed by atoms with Crippen molar-refractivity contribution in [3.05, 3.63) is 0 Å². The van der Waals surface area contributed by atoms with Crippen molar-refractivity contribution in [1.29, 1.82) is 0 Å². The molecule has 2 rings (SSSR count). The Labute approximate surface area is 649 Å². The number of unbranched alkanes of at least 4 members (excludes halogenated alkanes) is 2. The standard InChI is InChI=1S/C68H118N18O22S2/c1-33(2)28-42(78-61(100)46-18-14-25-85(46)66(105)41(20-21-50(92)93)77-65(104)51(34(3)4)81-55(94)38(71)16-10-12-23-69)58(97)75-40(22-27-110-9)57(96)82-52(35(5)6)64(103)76-39(17-11-13-24-70)56(95)79-43(29-48(72)90)67(106)86-26-15-19-47(86)62(101)83-53(36(7)88)63(102)73-30-49(91)74-44(31-87)59(98)80-45(32-109)60(99)84-54(37(8)89)68(107)108/h33-47,51-54,87-89,109H,10-32,69-71H2,1-9H3,(H2,72,90)(H,73,102)(H,74,91)(H,75,97)(H,76,103)(H,77,104)(H,78,100)(H,79,95)(H,80,98)(H,81,94)(H,82,96)(H,83,101)(H,84,99)(H,92,93)(H,107,108)/t36-,37-,38+,39+,40+,41+,42+,43+,44+,45+,46+,47+,51+,52+,53+,54+/m1/s1. The van der Waals surface area contributed by atoms with Crippen molar-refractivity contribution in [3.63, 3.8) is 0 Å². The third kappa shape index (κ3) is 32.8. The van der Waals surface area contributed by atoms with E-state index in [4.69, 9.17) is 22.9 Å². The van der Waals surface area contributed by atoms with E-state index in [0.717, 1.165) is 18.7 Å². The second-order valence-electron chi connectivity index (χ2n) is 28.4. The van der Waals surface area contributed by atoms with E-state index in [1.54, 1.807) is 47.8 Å². The molecule has 0 radical (unpaired) electrons. The smallest absolute Gasteiger partial charge is 0.328 e. The summed E-state index contributed by atoms with van der Waals surface area (Å²) in [5.74, 6) is -18.6. The number of nitrogens with one attached hydrogen (secondary N) is 12. The Bertz CT molecular complexity index is 3150. The first-order valence-electron chi connectivity index (χ1n) is 36.9. The molecule has 2 saturated heterocycles. The Balaban J connectivity index is 2.35. The number of nitrogens with zero attached hydrogens (tertiary/aromatic N) is 2. The number of carboxylic acid groups (broad SMARTS) is 2. The fourth-order valence-corrected chi connectivity index (χ4v) is 12.7. The van der Waals surface area contributed by atoms with Crippen molar-refractivity contribution in [2.24, 2.45) is 40.7 Å². The fourth-order valence-electron chi connectivity index (χ4n) is 11.9. The Morgan fingerprint density at radius 3 is 1.42 bits per heavy atom. The second kappa shape index (κ2) is 49.7. The summed E-state index contributed by atoms with van der Waals surface area (Å²) in [6.45, 7) is 10.7. The second-order valence-corrected chi connectivity index (χ2v) is 29.7. The molecule has 0 unspecified atom stereocenters. The molecule has 16 atom stereocenters. The average molecular weight is 1600 g/mol. The van der Waals surface area contributed by atoms with Gasteiger partial charge in [0.05, 0.1) is 37.8 Å². The molecular formula is C68H118N18O22S2. The molecule has 15 amide bonds. The van der Waals surface area contributed by atoms with Crippen LogP contribution in [0.2, 0.25) is 0 Å². The van der Waals surface area contributed by atoms with Crippen molar-refractivity contribution in [2.75, 3.05) is 57.1 Å². The topological polar surface area (TPSA) is 646 Å². The molecule has 0 aromatic rings. The van der Waals surface area contributed by atoms with Crippen LogP contribution in [0.1, 0.15) is 152 Å². The summed E-state index contributed by atoms with van der Waals surface area (Å²) in [6, 6.07) is -20.4. The first kappa shape index (κ1) is 97.5. The van der Waals surface area contributed by atoms with Crippen LogP contribution in [0, 0.1) is 17.8 Å². The van der Waals surface area contributed by atoms with Gasteiger partial charge in [-0.2, -0.15) is 24.4 Å². The van der Waals surface area contributed by atoms with Gasteiger partial charge in [-0.15, -0.1) is 0 Å². The Hall–Kier alpha value is -8.55. The van der Waals surface area contributed by atoms with Crippen molar-refractivity contribution in [1.82, 2.24) is 73.6 Å². The highest BCUT2D eigenvalue weighted by Crippen LogP contribution is 2.23. The van der Waals surface area contributed by atoms with Crippen LogP contribution in [0.5, 0.6) is 0 Å². The lowest BCUT2D eigenvalue weighted by atomic mass is 10.00. The molecule has 0 spiro atoms. The first-order chi connectivity index (χ1) is 51.7. The Morgan fingerprint density at radius 2 is 0.936 bits per heavy atom. The van der Waals surface area contributed by atoms with Gasteiger partial charge in [0.25, 0.3) is 0 Å². The number of thioether (sulfide) groups is 1. The maximum Gasteiger partial charge on any atom is 0.328 e. The number of aliphatic hydroxyl groups excluding tert-OH is 3. The minimum absolute atomic E-state index is 0.00148. The number of thiol groups is 1. The van der Waals surface area contributed by atoms with E-state index < -0.39 is 241 Å². The summed E-state index contributed by atoms with van der Waals surface area (Å²) < 4.78 is 0. The van der Waals surface area contributed by atoms with Gasteiger partial charge in [-0.25, -0.2) is 4.79 Å². The van der Waals surface area contributed by atoms with Gasteiger partial charge < -0.3 is 122 Å². The molecule has 40 nitrogen and oxygen atoms in total. The van der Waals surface area contributed by atoms with Gasteiger partial charge in [0.1, 0.15) is 72.5 Å². The van der Waals surface area contributed by atoms with Crippen LogP contribution in [-0.2, 0) is 81.5 Å². The molecule has 0 aliphatic carbocycles. The lowest BCUT2D eigenvalue weighted by molar-refractivity contribution is -0.145. The minimum Gasteiger partial charge on any atom is -0.481 e. The van der Waals surface area contributed by atoms with Gasteiger partial charge in [0, 0.05) is 25.3 Å². The molecular weight excluding hydrogens is 1480 g/mol. The normalized spacial score (nSPS) is 18.0. The summed E-state index contributed by atoms with van der Waals surface area (Å²) in [5, 5.41) is 78.6. The summed E-state index contributed by atoms with van der Waals surface area (Å²) in [7, 11) is 0. The number of rotatable bonds is 51. The SMILES string of the molecule is CSCC[C@H](NC(=O)[C@H](CC(C)C)NC(=O)[C@@H]1CCCN1C(=O)[C@H](CCC(=O)O)NC(=O)[C@@H](NC(=O)[C@@H](N)CCCCN)C(C)C)C(=O)N[C@H](C(=O)N[C@@H](CCCCN)C(=O)N[C@@H](CC(N)=O)C(=O)N1CCC[C@H]1C(=O)N[C@H](C(=O)NCC(=O)N[C@@H](CO)C(=O)N[C@@H](CS)C(=O)N[C@H](C(=O)O)[C@@H](C)O)[C@@H](C)O)C(C)C. The zero-order valence-electron chi connectivity index (χ0n) is 64.0. The molecule has 2 aliphatic heterocycles. The molecule has 0 bridgehead atoms. The van der Waals surface area contributed by atoms with Crippen molar-refractivity contribution >= 4 is 125 Å². The van der Waals surface area contributed by atoms with Crippen LogP contribution in [0.25, 0.3) is 0 Å². The fraction of sp³-hybridized carbons (Fsp3) is 0.750. The number of nitrogens with two attached hydrogens (primary N) is 4. The average Bonchev–Trinajstić information content (AvgIpc) is 1.60. The van der Waals surface area contributed by atoms with Crippen molar-refractivity contribution < 1.29 is 107 Å². The number of primary amides is 1. The maximum absolute atomic E-state index is 14.5. The minimum atomic E-state index is -1.81. The van der Waals surface area contributed by atoms with E-state index in [9.17, 15) is 107 Å². The van der Waals surface area contributed by atoms with E-state index in [1.807, 2.05) is 5.32 Å². The predicted octanol–water partition coefficient (Wildman–Crippen LogP) is -7.38. The number of hydrogen-bond acceptors (Lipinski definition) is 25. The van der Waals surface area contributed by atoms with Gasteiger partial charge >= 0.3 is 11.9 Å². The van der Waals surface area contributed by atoms with Crippen LogP contribution < -0.4 is 86.7 Å². The number of carboxylic acids is 2. The molecule has 2 heterocycles. The molecule has 2 fully saturated rings. The lowest BCUT2D eigenvalue weighted by Gasteiger charge is -2.32. The molecule has 110 heavy (non-hydrogen) atoms. The molecule has 25 N–H and O–H groups in total. The van der Waals surface area contributed by atoms with E-state index >= 15 is 0 Å². The van der Waals surface area contributed by atoms with E-state index in [-0.39, 0.29) is 76.9 Å². The number of aliphatic hydroxyl groups is 3. The maximum atomic E-state index is 14.5. The zero-order chi connectivity index (χ0) is 83.4. The van der Waals surface area contributed by atoms with Gasteiger partial charge in [-0.05, 0) is 134 Å². The van der Waals surface area contributed by atoms with E-state index in [1.165, 1.54) is 16.7 Å². The van der Waals surface area contributed by atoms with E-state index in [0.29, 0.717) is 44.4 Å². The molecule has 2 aliphatic rings. The van der Waals surface area contributed by atoms with Gasteiger partial charge in [0.15, 0.2) is 6.04 Å². The number of likely N-dealkylation sites (tertiary alicyclic amines) is 2. The van der Waals surface area contributed by atoms with E-state index in [2.05, 4.69) is 71.1 Å². The van der Waals surface area contributed by atoms with Crippen LogP contribution >= 0.6 is 24.4 Å². The first-order valence-corrected chi connectivity index (χ1v) is 38.9. The third-order valence-corrected chi connectivity index (χ3v) is 19.1. The molecule has 0 saturated carbocycles. The molecule has 0 aromatic heterocycles. The van der Waals surface area contributed by atoms with Gasteiger partial charge in [-0.1, -0.05) is 48.0 Å². The molecule has 624 valence electrons. The summed E-state index contributed by atoms with van der Waals surface area (Å²) in [4.78, 5) is 232. The van der Waals surface area contributed by atoms with Crippen molar-refractivity contribution in [3.8, 4) is 0 Å². The Kier molecular flexibility index (Phi) is 44.0. The van der Waals surface area contributed by atoms with Crippen LogP contribution in [0.3, 0.4) is 0 Å². The number of carbonyl (C=O) groups excluding carboxylic acids is 15. The zero-order valence-corrected chi connectivity index (χ0v) is 65.7. The largest absolute Gasteiger partial charge is 0.481 e. The van der Waals surface area contributed by atoms with Crippen LogP contribution in [-0.4, -0.2) is 290 Å². The Morgan fingerprint density at radius 1 is 0.491 bits per heavy atom. The highest BCUT2D eigenvalue weighted by atomic mass is 32.2. The molecule has 42 heteroatoms.